The first kappa shape index (κ1) is 18.0. The fourth-order valence-corrected chi connectivity index (χ4v) is 2.76. The Hall–Kier alpha value is -1.07. The van der Waals surface area contributed by atoms with Crippen molar-refractivity contribution in [3.05, 3.63) is 22.1 Å². The summed E-state index contributed by atoms with van der Waals surface area (Å²) < 4.78 is 15.6. The average molecular weight is 338 g/mol. The predicted octanol–water partition coefficient (Wildman–Crippen LogP) is 3.52. The number of methoxy groups -OCH3 is 2. The van der Waals surface area contributed by atoms with Crippen molar-refractivity contribution in [2.24, 2.45) is 0 Å². The maximum absolute atomic E-state index is 11.7. The van der Waals surface area contributed by atoms with Crippen molar-refractivity contribution in [3.8, 4) is 0 Å². The van der Waals surface area contributed by atoms with Crippen molar-refractivity contribution in [3.63, 3.8) is 0 Å². The molecule has 0 saturated carbocycles. The molecule has 1 N–H and O–H groups in total. The Morgan fingerprint density at radius 3 is 2.43 bits per heavy atom. The third kappa shape index (κ3) is 5.00. The molecule has 1 amide bonds. The highest BCUT2D eigenvalue weighted by Gasteiger charge is 2.29. The van der Waals surface area contributed by atoms with Gasteiger partial charge in [-0.2, -0.15) is 0 Å². The van der Waals surface area contributed by atoms with Crippen LogP contribution in [0.4, 0.5) is 4.79 Å². The van der Waals surface area contributed by atoms with Gasteiger partial charge in [0.25, 0.3) is 0 Å². The molecule has 120 valence electrons. The summed E-state index contributed by atoms with van der Waals surface area (Å²) in [7, 11) is 3.01. The van der Waals surface area contributed by atoms with E-state index in [-0.39, 0.29) is 6.54 Å². The van der Waals surface area contributed by atoms with Gasteiger partial charge in [-0.15, -0.1) is 11.6 Å². The van der Waals surface area contributed by atoms with Crippen LogP contribution in [-0.2, 0) is 14.2 Å². The van der Waals surface area contributed by atoms with Crippen LogP contribution in [0.5, 0.6) is 0 Å². The zero-order valence-corrected chi connectivity index (χ0v) is 14.4. The average Bonchev–Trinajstić information content (AvgIpc) is 2.34. The van der Waals surface area contributed by atoms with E-state index in [1.54, 1.807) is 20.8 Å². The van der Waals surface area contributed by atoms with Gasteiger partial charge in [-0.25, -0.2) is 4.79 Å². The summed E-state index contributed by atoms with van der Waals surface area (Å²) in [6.07, 6.45) is -0.0332. The lowest BCUT2D eigenvalue weighted by Crippen LogP contribution is -2.34. The van der Waals surface area contributed by atoms with E-state index in [0.717, 1.165) is 5.57 Å². The molecule has 0 aliphatic heterocycles. The molecule has 0 radical (unpaired) electrons. The molecule has 1 rings (SSSR count). The zero-order chi connectivity index (χ0) is 16.2. The van der Waals surface area contributed by atoms with Crippen molar-refractivity contribution in [2.75, 3.05) is 20.8 Å². The maximum atomic E-state index is 11.7. The molecule has 21 heavy (non-hydrogen) atoms. The van der Waals surface area contributed by atoms with E-state index in [1.165, 1.54) is 14.2 Å². The van der Waals surface area contributed by atoms with Crippen molar-refractivity contribution in [1.29, 1.82) is 0 Å². The quantitative estimate of drug-likeness (QED) is 0.797. The molecule has 5 nitrogen and oxygen atoms in total. The number of allylic oxidation sites excluding steroid dienone is 2. The number of ether oxygens (including phenoxy) is 3. The van der Waals surface area contributed by atoms with Gasteiger partial charge in [0.15, 0.2) is 0 Å². The van der Waals surface area contributed by atoms with Gasteiger partial charge >= 0.3 is 6.09 Å². The standard InChI is InChI=1S/C14H21Cl2NO4/c1-14(2,3)21-13(18)17-7-8-6-9(15)12(20-5)10(16)11(8)19-4/h9H,6-7H2,1-5H3,(H,17,18). The van der Waals surface area contributed by atoms with Crippen molar-refractivity contribution >= 4 is 29.3 Å². The molecule has 0 fully saturated rings. The van der Waals surface area contributed by atoms with Gasteiger partial charge in [0.05, 0.1) is 19.6 Å². The Morgan fingerprint density at radius 1 is 1.33 bits per heavy atom. The fourth-order valence-electron chi connectivity index (χ4n) is 1.90. The molecular weight excluding hydrogens is 317 g/mol. The van der Waals surface area contributed by atoms with E-state index in [2.05, 4.69) is 5.32 Å². The van der Waals surface area contributed by atoms with Crippen LogP contribution in [-0.4, -0.2) is 37.8 Å². The SMILES string of the molecule is COC1=C(CNC(=O)OC(C)(C)C)CC(Cl)C(OC)=C1Cl. The van der Waals surface area contributed by atoms with E-state index in [9.17, 15) is 4.79 Å². The Labute approximate surface area is 135 Å². The number of amides is 1. The highest BCUT2D eigenvalue weighted by molar-refractivity contribution is 6.33. The van der Waals surface area contributed by atoms with E-state index in [4.69, 9.17) is 37.4 Å². The van der Waals surface area contributed by atoms with Crippen LogP contribution < -0.4 is 5.32 Å². The number of hydrogen-bond acceptors (Lipinski definition) is 4. The molecule has 0 bridgehead atoms. The van der Waals surface area contributed by atoms with Gasteiger partial charge in [0.1, 0.15) is 22.2 Å². The molecule has 0 heterocycles. The lowest BCUT2D eigenvalue weighted by molar-refractivity contribution is 0.0531. The number of halogens is 2. The first-order chi connectivity index (χ1) is 9.69. The van der Waals surface area contributed by atoms with Crippen LogP contribution in [0.25, 0.3) is 0 Å². The fraction of sp³-hybridized carbons (Fsp3) is 0.643. The van der Waals surface area contributed by atoms with Crippen molar-refractivity contribution in [1.82, 2.24) is 5.32 Å². The third-order valence-electron chi connectivity index (χ3n) is 2.72. The highest BCUT2D eigenvalue weighted by Crippen LogP contribution is 2.36. The minimum absolute atomic E-state index is 0.245. The Balaban J connectivity index is 2.81. The first-order valence-electron chi connectivity index (χ1n) is 6.50. The summed E-state index contributed by atoms with van der Waals surface area (Å²) in [6.45, 7) is 5.64. The number of carbonyl (C=O) groups is 1. The molecule has 7 heteroatoms. The second kappa shape index (κ2) is 7.27. The van der Waals surface area contributed by atoms with Crippen molar-refractivity contribution in [2.45, 2.75) is 38.2 Å². The van der Waals surface area contributed by atoms with Crippen LogP contribution in [0.1, 0.15) is 27.2 Å². The Kier molecular flexibility index (Phi) is 6.23. The Bertz CT molecular complexity index is 466. The molecule has 0 spiro atoms. The van der Waals surface area contributed by atoms with Crippen LogP contribution >= 0.6 is 23.2 Å². The molecule has 0 aromatic heterocycles. The monoisotopic (exact) mass is 337 g/mol. The maximum Gasteiger partial charge on any atom is 0.407 e. The van der Waals surface area contributed by atoms with Crippen molar-refractivity contribution < 1.29 is 19.0 Å². The molecular formula is C14H21Cl2NO4. The second-order valence-corrected chi connectivity index (χ2v) is 6.45. The smallest absolute Gasteiger partial charge is 0.407 e. The van der Waals surface area contributed by atoms with Crippen LogP contribution in [0.15, 0.2) is 22.1 Å². The van der Waals surface area contributed by atoms with E-state index < -0.39 is 17.1 Å². The number of hydrogen-bond donors (Lipinski definition) is 1. The number of alkyl halides is 1. The number of nitrogens with one attached hydrogen (secondary N) is 1. The molecule has 1 aliphatic rings. The van der Waals surface area contributed by atoms with Crippen LogP contribution in [0.3, 0.4) is 0 Å². The van der Waals surface area contributed by atoms with Gasteiger partial charge in [0, 0.05) is 6.54 Å². The van der Waals surface area contributed by atoms with Gasteiger partial charge in [0.2, 0.25) is 0 Å². The number of rotatable bonds is 4. The van der Waals surface area contributed by atoms with E-state index >= 15 is 0 Å². The van der Waals surface area contributed by atoms with Gasteiger partial charge < -0.3 is 19.5 Å². The lowest BCUT2D eigenvalue weighted by Gasteiger charge is -2.25. The summed E-state index contributed by atoms with van der Waals surface area (Å²) >= 11 is 12.4. The zero-order valence-electron chi connectivity index (χ0n) is 12.9. The summed E-state index contributed by atoms with van der Waals surface area (Å²) in [4.78, 5) is 11.7. The number of carbonyl (C=O) groups excluding carboxylic acids is 1. The first-order valence-corrected chi connectivity index (χ1v) is 7.32. The van der Waals surface area contributed by atoms with E-state index in [1.807, 2.05) is 0 Å². The molecule has 0 saturated heterocycles. The summed E-state index contributed by atoms with van der Waals surface area (Å²) in [5, 5.41) is 2.60. The van der Waals surface area contributed by atoms with Gasteiger partial charge in [-0.1, -0.05) is 11.6 Å². The summed E-state index contributed by atoms with van der Waals surface area (Å²) in [6, 6.07) is 0. The topological polar surface area (TPSA) is 56.8 Å². The second-order valence-electron chi connectivity index (χ2n) is 5.55. The molecule has 0 aromatic rings. The lowest BCUT2D eigenvalue weighted by atomic mass is 10.0. The van der Waals surface area contributed by atoms with Crippen LogP contribution in [0.2, 0.25) is 0 Å². The number of alkyl carbamates (subject to hydrolysis) is 1. The molecule has 1 unspecified atom stereocenters. The summed E-state index contributed by atoms with van der Waals surface area (Å²) in [5.41, 5.74) is 0.236. The summed E-state index contributed by atoms with van der Waals surface area (Å²) in [5.74, 6) is 0.942. The minimum Gasteiger partial charge on any atom is -0.498 e. The Morgan fingerprint density at radius 2 is 1.95 bits per heavy atom. The molecule has 1 aliphatic carbocycles. The minimum atomic E-state index is -0.551. The third-order valence-corrected chi connectivity index (χ3v) is 3.43. The van der Waals surface area contributed by atoms with Gasteiger partial charge in [-0.3, -0.25) is 0 Å². The largest absolute Gasteiger partial charge is 0.498 e. The van der Waals surface area contributed by atoms with Crippen LogP contribution in [0, 0.1) is 0 Å². The highest BCUT2D eigenvalue weighted by atomic mass is 35.5. The molecule has 1 atom stereocenters. The molecule has 0 aromatic carbocycles. The van der Waals surface area contributed by atoms with Gasteiger partial charge in [-0.05, 0) is 32.8 Å². The normalized spacial score (nSPS) is 19.5. The van der Waals surface area contributed by atoms with E-state index in [0.29, 0.717) is 23.0 Å². The predicted molar refractivity (Wildman–Crippen MR) is 82.4 cm³/mol.